The minimum atomic E-state index is -0.733. The Hall–Kier alpha value is -2.54. The van der Waals surface area contributed by atoms with E-state index in [0.29, 0.717) is 0 Å². The summed E-state index contributed by atoms with van der Waals surface area (Å²) in [5.41, 5.74) is 6.78. The average molecular weight is 344 g/mol. The van der Waals surface area contributed by atoms with Crippen molar-refractivity contribution in [3.63, 3.8) is 0 Å². The Morgan fingerprint density at radius 3 is 2.00 bits per heavy atom. The smallest absolute Gasteiger partial charge is 0.136 e. The normalized spacial score (nSPS) is 13.9. The number of hydrogen-bond acceptors (Lipinski definition) is 1. The van der Waals surface area contributed by atoms with Gasteiger partial charge in [-0.2, -0.15) is 0 Å². The van der Waals surface area contributed by atoms with Crippen LogP contribution in [0.15, 0.2) is 59.0 Å². The molecule has 26 heavy (non-hydrogen) atoms. The van der Waals surface area contributed by atoms with Crippen LogP contribution in [0.5, 0.6) is 0 Å². The fraction of sp³-hybridized carbons (Fsp3) is 0.280. The van der Waals surface area contributed by atoms with Gasteiger partial charge in [0.2, 0.25) is 0 Å². The van der Waals surface area contributed by atoms with Gasteiger partial charge in [-0.15, -0.1) is 0 Å². The molecule has 0 saturated heterocycles. The molecule has 1 heteroatoms. The van der Waals surface area contributed by atoms with Crippen LogP contribution in [0.4, 0.5) is 0 Å². The number of rotatable bonds is 3. The molecule has 0 fully saturated rings. The van der Waals surface area contributed by atoms with Gasteiger partial charge in [0, 0.05) is 13.5 Å². The van der Waals surface area contributed by atoms with Gasteiger partial charge in [0.25, 0.3) is 0 Å². The zero-order chi connectivity index (χ0) is 20.3. The Morgan fingerprint density at radius 2 is 1.35 bits per heavy atom. The summed E-state index contributed by atoms with van der Waals surface area (Å²) in [5.74, 6) is -1.47. The second-order valence-electron chi connectivity index (χ2n) is 7.51. The summed E-state index contributed by atoms with van der Waals surface area (Å²) >= 11 is 0. The maximum atomic E-state index is 8.60. The molecular weight excluding hydrogens is 316 g/mol. The second kappa shape index (κ2) is 6.32. The Kier molecular flexibility index (Phi) is 3.55. The van der Waals surface area contributed by atoms with Crippen LogP contribution in [-0.4, -0.2) is 0 Å². The molecule has 0 spiro atoms. The quantitative estimate of drug-likeness (QED) is 0.369. The van der Waals surface area contributed by atoms with Crippen molar-refractivity contribution < 1.29 is 7.16 Å². The average Bonchev–Trinajstić information content (AvgIpc) is 2.97. The third-order valence-electron chi connectivity index (χ3n) is 5.20. The zero-order valence-electron chi connectivity index (χ0n) is 18.1. The molecule has 0 aliphatic carbocycles. The van der Waals surface area contributed by atoms with Crippen molar-refractivity contribution in [1.82, 2.24) is 0 Å². The molecule has 0 unspecified atom stereocenters. The predicted molar refractivity (Wildman–Crippen MR) is 112 cm³/mol. The maximum absolute atomic E-state index is 8.60. The summed E-state index contributed by atoms with van der Waals surface area (Å²) in [5, 5.41) is 2.22. The molecule has 0 bridgehead atoms. The molecule has 0 amide bonds. The van der Waals surface area contributed by atoms with Gasteiger partial charge >= 0.3 is 0 Å². The molecule has 4 aromatic rings. The highest BCUT2D eigenvalue weighted by atomic mass is 16.3. The summed E-state index contributed by atoms with van der Waals surface area (Å²) in [6, 6.07) is 18.6. The molecule has 0 atom stereocenters. The molecule has 0 saturated carbocycles. The summed E-state index contributed by atoms with van der Waals surface area (Å²) < 4.78 is 23.3. The lowest BCUT2D eigenvalue weighted by atomic mass is 9.86. The SMILES string of the molecule is [2H]C(C)(C)c1cc(-c2ccc3c(c2)oc2ccccc23)cc(C([2H])(C)C)c1C. The van der Waals surface area contributed by atoms with Crippen LogP contribution in [-0.2, 0) is 0 Å². The van der Waals surface area contributed by atoms with Crippen molar-refractivity contribution >= 4 is 21.9 Å². The number of benzene rings is 3. The van der Waals surface area contributed by atoms with E-state index in [4.69, 9.17) is 7.16 Å². The molecule has 4 rings (SSSR count). The van der Waals surface area contributed by atoms with Gasteiger partial charge in [-0.1, -0.05) is 64.1 Å². The first-order valence-electron chi connectivity index (χ1n) is 10.1. The first-order valence-corrected chi connectivity index (χ1v) is 9.13. The van der Waals surface area contributed by atoms with Crippen molar-refractivity contribution in [2.75, 3.05) is 0 Å². The van der Waals surface area contributed by atoms with Crippen molar-refractivity contribution in [2.45, 2.75) is 46.4 Å². The van der Waals surface area contributed by atoms with Crippen LogP contribution in [0.2, 0.25) is 0 Å². The topological polar surface area (TPSA) is 13.1 Å². The molecular formula is C25H26O. The number of hydrogen-bond donors (Lipinski definition) is 0. The molecule has 0 aliphatic heterocycles. The van der Waals surface area contributed by atoms with E-state index in [1.165, 1.54) is 0 Å². The highest BCUT2D eigenvalue weighted by Gasteiger charge is 2.14. The summed E-state index contributed by atoms with van der Waals surface area (Å²) in [7, 11) is 0. The van der Waals surface area contributed by atoms with Gasteiger partial charge in [0.15, 0.2) is 0 Å². The van der Waals surface area contributed by atoms with Crippen molar-refractivity contribution in [3.05, 3.63) is 71.3 Å². The summed E-state index contributed by atoms with van der Waals surface area (Å²) in [4.78, 5) is 0. The van der Waals surface area contributed by atoms with E-state index in [9.17, 15) is 0 Å². The Bertz CT molecular complexity index is 1150. The second-order valence-corrected chi connectivity index (χ2v) is 7.51. The third-order valence-corrected chi connectivity index (χ3v) is 5.20. The van der Waals surface area contributed by atoms with Gasteiger partial charge in [-0.3, -0.25) is 0 Å². The largest absolute Gasteiger partial charge is 0.456 e. The Labute approximate surface area is 158 Å². The van der Waals surface area contributed by atoms with Gasteiger partial charge in [-0.05, 0) is 64.7 Å². The molecule has 1 heterocycles. The minimum absolute atomic E-state index is 0.733. The predicted octanol–water partition coefficient (Wildman–Crippen LogP) is 7.81. The first-order chi connectivity index (χ1) is 13.1. The number of para-hydroxylation sites is 1. The van der Waals surface area contributed by atoms with Crippen molar-refractivity contribution in [2.24, 2.45) is 0 Å². The molecule has 0 radical (unpaired) electrons. The van der Waals surface area contributed by atoms with E-state index < -0.39 is 11.8 Å². The van der Waals surface area contributed by atoms with Crippen LogP contribution in [0.1, 0.15) is 58.9 Å². The molecule has 1 aromatic heterocycles. The van der Waals surface area contributed by atoms with Crippen LogP contribution >= 0.6 is 0 Å². The van der Waals surface area contributed by atoms with E-state index in [1.54, 1.807) is 0 Å². The van der Waals surface area contributed by atoms with Gasteiger partial charge in [-0.25, -0.2) is 0 Å². The van der Waals surface area contributed by atoms with Gasteiger partial charge in [0.05, 0.1) is 0 Å². The van der Waals surface area contributed by atoms with Crippen LogP contribution in [0, 0.1) is 6.92 Å². The maximum Gasteiger partial charge on any atom is 0.136 e. The fourth-order valence-corrected chi connectivity index (χ4v) is 3.83. The lowest BCUT2D eigenvalue weighted by molar-refractivity contribution is 0.669. The highest BCUT2D eigenvalue weighted by Crippen LogP contribution is 2.36. The standard InChI is InChI=1S/C25H26O/c1-15(2)22-12-19(13-23(16(3)4)17(22)5)18-10-11-21-20-8-6-7-9-24(20)26-25(21)14-18/h6-16H,1-5H3/i15D,16D. The molecule has 0 N–H and O–H groups in total. The molecule has 1 nitrogen and oxygen atoms in total. The summed E-state index contributed by atoms with van der Waals surface area (Å²) in [6.45, 7) is 9.65. The van der Waals surface area contributed by atoms with E-state index in [2.05, 4.69) is 36.4 Å². The molecule has 3 aromatic carbocycles. The number of fused-ring (bicyclic) bond motifs is 3. The van der Waals surface area contributed by atoms with Gasteiger partial charge < -0.3 is 4.42 Å². The van der Waals surface area contributed by atoms with Crippen molar-refractivity contribution in [1.29, 1.82) is 0 Å². The monoisotopic (exact) mass is 344 g/mol. The van der Waals surface area contributed by atoms with Crippen LogP contribution < -0.4 is 0 Å². The van der Waals surface area contributed by atoms with E-state index in [1.807, 2.05) is 52.8 Å². The zero-order valence-corrected chi connectivity index (χ0v) is 16.1. The van der Waals surface area contributed by atoms with E-state index >= 15 is 0 Å². The lowest BCUT2D eigenvalue weighted by Gasteiger charge is -2.19. The van der Waals surface area contributed by atoms with Gasteiger partial charge in [0.1, 0.15) is 11.2 Å². The van der Waals surface area contributed by atoms with Crippen LogP contribution in [0.3, 0.4) is 0 Å². The fourth-order valence-electron chi connectivity index (χ4n) is 3.83. The Balaban J connectivity index is 1.96. The van der Waals surface area contributed by atoms with E-state index in [-0.39, 0.29) is 0 Å². The van der Waals surface area contributed by atoms with Crippen molar-refractivity contribution in [3.8, 4) is 11.1 Å². The third kappa shape index (κ3) is 2.72. The molecule has 0 aliphatic rings. The Morgan fingerprint density at radius 1 is 0.731 bits per heavy atom. The first kappa shape index (κ1) is 14.6. The number of furan rings is 1. The lowest BCUT2D eigenvalue weighted by Crippen LogP contribution is -2.00. The summed E-state index contributed by atoms with van der Waals surface area (Å²) in [6.07, 6.45) is 0. The van der Waals surface area contributed by atoms with E-state index in [0.717, 1.165) is 49.8 Å². The molecule has 132 valence electrons. The highest BCUT2D eigenvalue weighted by molar-refractivity contribution is 6.05. The minimum Gasteiger partial charge on any atom is -0.456 e. The van der Waals surface area contributed by atoms with Crippen LogP contribution in [0.25, 0.3) is 33.1 Å².